The van der Waals surface area contributed by atoms with Crippen LogP contribution in [0.1, 0.15) is 45.1 Å². The van der Waals surface area contributed by atoms with E-state index in [1.165, 1.54) is 0 Å². The van der Waals surface area contributed by atoms with Crippen molar-refractivity contribution in [3.8, 4) is 0 Å². The molecule has 0 bridgehead atoms. The first-order valence-corrected chi connectivity index (χ1v) is 9.23. The molecular weight excluding hydrogens is 346 g/mol. The van der Waals surface area contributed by atoms with Crippen LogP contribution in [0.4, 0.5) is 10.5 Å². The van der Waals surface area contributed by atoms with Gasteiger partial charge in [-0.05, 0) is 31.9 Å². The minimum atomic E-state index is -0.472. The zero-order valence-electron chi connectivity index (χ0n) is 16.0. The van der Waals surface area contributed by atoms with Crippen molar-refractivity contribution in [1.29, 1.82) is 0 Å². The molecule has 1 aliphatic carbocycles. The number of carbonyl (C=O) groups is 2. The Morgan fingerprint density at radius 3 is 2.67 bits per heavy atom. The fourth-order valence-corrected chi connectivity index (χ4v) is 2.98. The lowest BCUT2D eigenvalue weighted by Crippen LogP contribution is -2.42. The monoisotopic (exact) mass is 373 g/mol. The molecular formula is C20H27N3O4. The van der Waals surface area contributed by atoms with Crippen LogP contribution < -0.4 is 10.6 Å². The van der Waals surface area contributed by atoms with Gasteiger partial charge in [0.15, 0.2) is 5.78 Å². The second-order valence-corrected chi connectivity index (χ2v) is 6.47. The average molecular weight is 373 g/mol. The summed E-state index contributed by atoms with van der Waals surface area (Å²) in [6.45, 7) is 6.05. The zero-order chi connectivity index (χ0) is 19.8. The Labute approximate surface area is 159 Å². The molecule has 0 radical (unpaired) electrons. The summed E-state index contributed by atoms with van der Waals surface area (Å²) in [5.41, 5.74) is 2.33. The summed E-state index contributed by atoms with van der Waals surface area (Å²) in [6.07, 6.45) is 1.60. The number of hydrogen-bond acceptors (Lipinski definition) is 5. The molecule has 27 heavy (non-hydrogen) atoms. The van der Waals surface area contributed by atoms with Crippen molar-refractivity contribution in [3.63, 3.8) is 0 Å². The summed E-state index contributed by atoms with van der Waals surface area (Å²) in [4.78, 5) is 29.9. The number of hydrogen-bond donors (Lipinski definition) is 3. The number of aliphatic hydroxyl groups is 1. The summed E-state index contributed by atoms with van der Waals surface area (Å²) in [6, 6.07) is 6.54. The standard InChI is InChI=1S/C20H27N3O4/c1-4-8-16(23-27-5-2)19-17(24)11-14(12-18(19)25)21-20(26)22-15-10-7-6-9-13(15)3/h6-7,9-10,14,24H,4-5,8,11-12H2,1-3H3,(H2,21,22,26). The van der Waals surface area contributed by atoms with Crippen LogP contribution in [0.25, 0.3) is 0 Å². The van der Waals surface area contributed by atoms with Crippen molar-refractivity contribution in [2.24, 2.45) is 5.16 Å². The number of aryl methyl sites for hydroxylation is 1. The van der Waals surface area contributed by atoms with Crippen molar-refractivity contribution >= 4 is 23.2 Å². The largest absolute Gasteiger partial charge is 0.511 e. The number of oxime groups is 1. The summed E-state index contributed by atoms with van der Waals surface area (Å²) >= 11 is 0. The van der Waals surface area contributed by atoms with Crippen LogP contribution >= 0.6 is 0 Å². The molecule has 1 aromatic carbocycles. The topological polar surface area (TPSA) is 100 Å². The van der Waals surface area contributed by atoms with Crippen LogP contribution in [0.2, 0.25) is 0 Å². The summed E-state index contributed by atoms with van der Waals surface area (Å²) < 4.78 is 0. The number of urea groups is 1. The predicted molar refractivity (Wildman–Crippen MR) is 105 cm³/mol. The van der Waals surface area contributed by atoms with Gasteiger partial charge in [-0.15, -0.1) is 0 Å². The van der Waals surface area contributed by atoms with Gasteiger partial charge in [-0.1, -0.05) is 36.7 Å². The van der Waals surface area contributed by atoms with Crippen molar-refractivity contribution in [3.05, 3.63) is 41.2 Å². The Morgan fingerprint density at radius 2 is 2.04 bits per heavy atom. The number of para-hydroxylation sites is 1. The Hall–Kier alpha value is -2.83. The van der Waals surface area contributed by atoms with Crippen LogP contribution in [0.3, 0.4) is 0 Å². The third-order valence-electron chi connectivity index (χ3n) is 4.25. The molecule has 1 aliphatic rings. The zero-order valence-corrected chi connectivity index (χ0v) is 16.0. The minimum absolute atomic E-state index is 0.0562. The lowest BCUT2D eigenvalue weighted by atomic mass is 9.88. The average Bonchev–Trinajstić information content (AvgIpc) is 2.61. The fourth-order valence-electron chi connectivity index (χ4n) is 2.98. The first kappa shape index (κ1) is 20.5. The van der Waals surface area contributed by atoms with E-state index in [4.69, 9.17) is 4.84 Å². The molecule has 0 saturated heterocycles. The minimum Gasteiger partial charge on any atom is -0.511 e. The normalized spacial score (nSPS) is 17.7. The van der Waals surface area contributed by atoms with E-state index in [1.807, 2.05) is 32.0 Å². The molecule has 3 N–H and O–H groups in total. The maximum absolute atomic E-state index is 12.6. The van der Waals surface area contributed by atoms with Gasteiger partial charge in [-0.25, -0.2) is 4.79 Å². The first-order chi connectivity index (χ1) is 13.0. The molecule has 2 rings (SSSR count). The van der Waals surface area contributed by atoms with Gasteiger partial charge in [-0.3, -0.25) is 4.79 Å². The number of benzene rings is 1. The van der Waals surface area contributed by atoms with E-state index in [1.54, 1.807) is 13.0 Å². The molecule has 7 nitrogen and oxygen atoms in total. The number of Topliss-reactive ketones (excluding diaryl/α,β-unsaturated/α-hetero) is 1. The molecule has 0 aromatic heterocycles. The SMILES string of the molecule is CCCC(=NOCC)C1=C(O)CC(NC(=O)Nc2ccccc2C)CC1=O. The smallest absolute Gasteiger partial charge is 0.319 e. The highest BCUT2D eigenvalue weighted by molar-refractivity contribution is 6.23. The molecule has 2 amide bonds. The molecule has 0 aliphatic heterocycles. The van der Waals surface area contributed by atoms with Gasteiger partial charge in [0.25, 0.3) is 0 Å². The van der Waals surface area contributed by atoms with E-state index in [0.717, 1.165) is 12.0 Å². The molecule has 1 atom stereocenters. The number of aliphatic hydroxyl groups excluding tert-OH is 1. The van der Waals surface area contributed by atoms with Crippen LogP contribution in [0.5, 0.6) is 0 Å². The maximum atomic E-state index is 12.6. The molecule has 0 spiro atoms. The van der Waals surface area contributed by atoms with Crippen LogP contribution in [0.15, 0.2) is 40.8 Å². The Bertz CT molecular complexity index is 755. The highest BCUT2D eigenvalue weighted by atomic mass is 16.6. The van der Waals surface area contributed by atoms with Crippen molar-refractivity contribution in [2.75, 3.05) is 11.9 Å². The number of ketones is 1. The highest BCUT2D eigenvalue weighted by Crippen LogP contribution is 2.24. The predicted octanol–water partition coefficient (Wildman–Crippen LogP) is 3.85. The van der Waals surface area contributed by atoms with Gasteiger partial charge in [0, 0.05) is 24.6 Å². The fraction of sp³-hybridized carbons (Fsp3) is 0.450. The lowest BCUT2D eigenvalue weighted by Gasteiger charge is -2.25. The van der Waals surface area contributed by atoms with Crippen molar-refractivity contribution < 1.29 is 19.5 Å². The van der Waals surface area contributed by atoms with E-state index < -0.39 is 12.1 Å². The maximum Gasteiger partial charge on any atom is 0.319 e. The van der Waals surface area contributed by atoms with Crippen molar-refractivity contribution in [2.45, 2.75) is 52.5 Å². The van der Waals surface area contributed by atoms with Gasteiger partial charge >= 0.3 is 6.03 Å². The summed E-state index contributed by atoms with van der Waals surface area (Å²) in [7, 11) is 0. The highest BCUT2D eigenvalue weighted by Gasteiger charge is 2.31. The molecule has 0 heterocycles. The van der Waals surface area contributed by atoms with Gasteiger partial charge in [-0.2, -0.15) is 0 Å². The van der Waals surface area contributed by atoms with Gasteiger partial charge < -0.3 is 20.6 Å². The number of nitrogens with one attached hydrogen (secondary N) is 2. The van der Waals surface area contributed by atoms with E-state index in [0.29, 0.717) is 24.4 Å². The van der Waals surface area contributed by atoms with Crippen LogP contribution in [0, 0.1) is 6.92 Å². The first-order valence-electron chi connectivity index (χ1n) is 9.23. The number of amides is 2. The Morgan fingerprint density at radius 1 is 1.30 bits per heavy atom. The van der Waals surface area contributed by atoms with Crippen molar-refractivity contribution in [1.82, 2.24) is 5.32 Å². The Balaban J connectivity index is 2.06. The molecule has 0 saturated carbocycles. The number of anilines is 1. The van der Waals surface area contributed by atoms with E-state index >= 15 is 0 Å². The van der Waals surface area contributed by atoms with Gasteiger partial charge in [0.2, 0.25) is 0 Å². The van der Waals surface area contributed by atoms with E-state index in [-0.39, 0.29) is 30.0 Å². The second kappa shape index (κ2) is 9.75. The summed E-state index contributed by atoms with van der Waals surface area (Å²) in [5.74, 6) is -0.300. The molecule has 7 heteroatoms. The van der Waals surface area contributed by atoms with Gasteiger partial charge in [0.1, 0.15) is 12.4 Å². The third kappa shape index (κ3) is 5.57. The molecule has 1 unspecified atom stereocenters. The van der Waals surface area contributed by atoms with Crippen LogP contribution in [-0.4, -0.2) is 35.3 Å². The number of carbonyl (C=O) groups excluding carboxylic acids is 2. The van der Waals surface area contributed by atoms with E-state index in [9.17, 15) is 14.7 Å². The second-order valence-electron chi connectivity index (χ2n) is 6.47. The summed E-state index contributed by atoms with van der Waals surface area (Å²) in [5, 5.41) is 19.9. The third-order valence-corrected chi connectivity index (χ3v) is 4.25. The number of nitrogens with zero attached hydrogens (tertiary/aromatic N) is 1. The number of allylic oxidation sites excluding steroid dienone is 1. The molecule has 0 fully saturated rings. The van der Waals surface area contributed by atoms with E-state index in [2.05, 4.69) is 15.8 Å². The quantitative estimate of drug-likeness (QED) is 0.499. The molecule has 1 aromatic rings. The number of rotatable bonds is 7. The lowest BCUT2D eigenvalue weighted by molar-refractivity contribution is -0.116. The molecule has 146 valence electrons. The van der Waals surface area contributed by atoms with Gasteiger partial charge in [0.05, 0.1) is 11.3 Å². The van der Waals surface area contributed by atoms with Crippen LogP contribution in [-0.2, 0) is 9.63 Å². The Kier molecular flexibility index (Phi) is 7.40.